The molecule has 0 aliphatic carbocycles. The number of carboxylic acid groups (broad SMARTS) is 1. The van der Waals surface area contributed by atoms with Crippen molar-refractivity contribution in [2.24, 2.45) is 4.99 Å². The van der Waals surface area contributed by atoms with E-state index in [4.69, 9.17) is 4.74 Å². The summed E-state index contributed by atoms with van der Waals surface area (Å²) >= 11 is 1.49. The predicted octanol–water partition coefficient (Wildman–Crippen LogP) is -2.54. The van der Waals surface area contributed by atoms with Gasteiger partial charge in [0.25, 0.3) is 0 Å². The molecule has 0 saturated heterocycles. The molecular formula is C10H16NNaO3S. The molecule has 0 aromatic carbocycles. The number of thioether (sulfide) groups is 1. The molecule has 1 aliphatic heterocycles. The van der Waals surface area contributed by atoms with Crippen LogP contribution in [0.15, 0.2) is 4.99 Å². The molecule has 0 amide bonds. The van der Waals surface area contributed by atoms with E-state index < -0.39 is 5.97 Å². The number of carbonyl (C=O) groups is 1. The summed E-state index contributed by atoms with van der Waals surface area (Å²) in [7, 11) is 0. The van der Waals surface area contributed by atoms with Crippen LogP contribution in [0.2, 0.25) is 0 Å². The van der Waals surface area contributed by atoms with Gasteiger partial charge in [-0.2, -0.15) is 0 Å². The number of aliphatic carboxylic acids is 1. The summed E-state index contributed by atoms with van der Waals surface area (Å²) in [5, 5.41) is 11.0. The molecule has 0 saturated carbocycles. The Balaban J connectivity index is 0.00000225. The van der Waals surface area contributed by atoms with Gasteiger partial charge >= 0.3 is 29.6 Å². The van der Waals surface area contributed by atoms with E-state index in [1.165, 1.54) is 11.8 Å². The fourth-order valence-corrected chi connectivity index (χ4v) is 2.24. The Morgan fingerprint density at radius 3 is 3.06 bits per heavy atom. The molecule has 0 N–H and O–H groups in total. The number of ether oxygens (including phenoxy) is 1. The van der Waals surface area contributed by atoms with Gasteiger partial charge in [0, 0.05) is 24.7 Å². The van der Waals surface area contributed by atoms with Crippen LogP contribution >= 0.6 is 11.8 Å². The number of aliphatic imine (C=N–C) groups is 1. The smallest absolute Gasteiger partial charge is 0.550 e. The van der Waals surface area contributed by atoms with E-state index in [1.807, 2.05) is 0 Å². The minimum atomic E-state index is -1.06. The third-order valence-electron chi connectivity index (χ3n) is 2.02. The summed E-state index contributed by atoms with van der Waals surface area (Å²) in [6.45, 7) is 3.48. The number of carboxylic acids is 1. The van der Waals surface area contributed by atoms with Gasteiger partial charge in [-0.25, -0.2) is 0 Å². The molecule has 0 aromatic heterocycles. The number of unbranched alkanes of at least 4 members (excludes halogenated alkanes) is 1. The standard InChI is InChI=1S/C10H17NO3S.Na/c1-2-3-4-14-6-8-7-15-9(11-8)5-10(12)13;/h8H,2-7H2,1H3,(H,12,13);/q;+1/p-1. The van der Waals surface area contributed by atoms with Crippen molar-refractivity contribution in [1.82, 2.24) is 0 Å². The van der Waals surface area contributed by atoms with E-state index in [-0.39, 0.29) is 42.0 Å². The number of rotatable bonds is 7. The van der Waals surface area contributed by atoms with E-state index in [1.54, 1.807) is 0 Å². The molecule has 1 heterocycles. The molecule has 6 heteroatoms. The molecule has 1 unspecified atom stereocenters. The number of hydrogen-bond donors (Lipinski definition) is 0. The molecule has 0 spiro atoms. The maximum Gasteiger partial charge on any atom is 1.00 e. The summed E-state index contributed by atoms with van der Waals surface area (Å²) in [6, 6.07) is 0.126. The Morgan fingerprint density at radius 2 is 2.44 bits per heavy atom. The molecule has 0 radical (unpaired) electrons. The Morgan fingerprint density at radius 1 is 1.69 bits per heavy atom. The Labute approximate surface area is 123 Å². The summed E-state index contributed by atoms with van der Waals surface area (Å²) in [6.07, 6.45) is 2.13. The zero-order chi connectivity index (χ0) is 11.1. The van der Waals surface area contributed by atoms with Crippen molar-refractivity contribution in [2.75, 3.05) is 19.0 Å². The van der Waals surface area contributed by atoms with Gasteiger partial charge < -0.3 is 14.6 Å². The Kier molecular flexibility index (Phi) is 9.74. The fraction of sp³-hybridized carbons (Fsp3) is 0.800. The van der Waals surface area contributed by atoms with Crippen LogP contribution in [0.5, 0.6) is 0 Å². The molecule has 0 bridgehead atoms. The first-order valence-corrected chi connectivity index (χ1v) is 6.18. The van der Waals surface area contributed by atoms with Crippen LogP contribution in [0.1, 0.15) is 26.2 Å². The molecule has 1 atom stereocenters. The van der Waals surface area contributed by atoms with Crippen LogP contribution in [-0.2, 0) is 9.53 Å². The molecule has 16 heavy (non-hydrogen) atoms. The van der Waals surface area contributed by atoms with Crippen molar-refractivity contribution in [2.45, 2.75) is 32.2 Å². The first-order chi connectivity index (χ1) is 7.22. The van der Waals surface area contributed by atoms with Crippen molar-refractivity contribution in [3.63, 3.8) is 0 Å². The first kappa shape index (κ1) is 16.4. The largest absolute Gasteiger partial charge is 1.00 e. The zero-order valence-electron chi connectivity index (χ0n) is 9.90. The van der Waals surface area contributed by atoms with Gasteiger partial charge in [0.2, 0.25) is 0 Å². The average molecular weight is 253 g/mol. The third-order valence-corrected chi connectivity index (χ3v) is 3.15. The number of hydrogen-bond acceptors (Lipinski definition) is 5. The maximum atomic E-state index is 10.3. The van der Waals surface area contributed by atoms with Crippen LogP contribution in [-0.4, -0.2) is 36.0 Å². The van der Waals surface area contributed by atoms with Gasteiger partial charge in [0.1, 0.15) is 0 Å². The second-order valence-corrected chi connectivity index (χ2v) is 4.56. The topological polar surface area (TPSA) is 61.7 Å². The van der Waals surface area contributed by atoms with Gasteiger partial charge in [-0.15, -0.1) is 11.8 Å². The van der Waals surface area contributed by atoms with E-state index >= 15 is 0 Å². The van der Waals surface area contributed by atoms with Gasteiger partial charge in [0.05, 0.1) is 17.7 Å². The predicted molar refractivity (Wildman–Crippen MR) is 59.0 cm³/mol. The summed E-state index contributed by atoms with van der Waals surface area (Å²) < 4.78 is 5.43. The van der Waals surface area contributed by atoms with Crippen molar-refractivity contribution in [3.8, 4) is 0 Å². The minimum absolute atomic E-state index is 0. The average Bonchev–Trinajstić information content (AvgIpc) is 2.59. The van der Waals surface area contributed by atoms with Gasteiger partial charge in [0.15, 0.2) is 0 Å². The second kappa shape index (κ2) is 9.48. The number of nitrogens with zero attached hydrogens (tertiary/aromatic N) is 1. The van der Waals surface area contributed by atoms with Crippen molar-refractivity contribution in [1.29, 1.82) is 0 Å². The van der Waals surface area contributed by atoms with Crippen LogP contribution in [0.3, 0.4) is 0 Å². The molecule has 1 rings (SSSR count). The monoisotopic (exact) mass is 253 g/mol. The normalized spacial score (nSPS) is 19.1. The Bertz CT molecular complexity index is 248. The van der Waals surface area contributed by atoms with Crippen molar-refractivity contribution >= 4 is 22.8 Å². The van der Waals surface area contributed by atoms with Crippen LogP contribution < -0.4 is 34.7 Å². The summed E-state index contributed by atoms with van der Waals surface area (Å²) in [5.41, 5.74) is 0. The molecule has 0 fully saturated rings. The molecule has 1 aliphatic rings. The SMILES string of the molecule is CCCCOCC1CSC(CC(=O)[O-])=N1.[Na+]. The van der Waals surface area contributed by atoms with E-state index in [0.29, 0.717) is 11.7 Å². The van der Waals surface area contributed by atoms with Crippen LogP contribution in [0.4, 0.5) is 0 Å². The number of carbonyl (C=O) groups excluding carboxylic acids is 1. The van der Waals surface area contributed by atoms with Crippen molar-refractivity contribution < 1.29 is 44.2 Å². The molecular weight excluding hydrogens is 237 g/mol. The minimum Gasteiger partial charge on any atom is -0.550 e. The maximum absolute atomic E-state index is 10.3. The van der Waals surface area contributed by atoms with Gasteiger partial charge in [-0.05, 0) is 6.42 Å². The fourth-order valence-electron chi connectivity index (χ4n) is 1.24. The van der Waals surface area contributed by atoms with Crippen LogP contribution in [0.25, 0.3) is 0 Å². The zero-order valence-corrected chi connectivity index (χ0v) is 12.7. The van der Waals surface area contributed by atoms with Gasteiger partial charge in [-0.3, -0.25) is 4.99 Å². The third kappa shape index (κ3) is 6.91. The quantitative estimate of drug-likeness (QED) is 0.370. The van der Waals surface area contributed by atoms with E-state index in [9.17, 15) is 9.90 Å². The Hall–Kier alpha value is 0.450. The molecule has 86 valence electrons. The molecule has 4 nitrogen and oxygen atoms in total. The molecule has 0 aromatic rings. The second-order valence-electron chi connectivity index (χ2n) is 3.46. The summed E-state index contributed by atoms with van der Waals surface area (Å²) in [4.78, 5) is 14.6. The van der Waals surface area contributed by atoms with Gasteiger partial charge in [-0.1, -0.05) is 13.3 Å². The first-order valence-electron chi connectivity index (χ1n) is 5.19. The van der Waals surface area contributed by atoms with E-state index in [0.717, 1.165) is 25.2 Å². The summed E-state index contributed by atoms with van der Waals surface area (Å²) in [5.74, 6) is -0.233. The van der Waals surface area contributed by atoms with Crippen LogP contribution in [0, 0.1) is 0 Å². The van der Waals surface area contributed by atoms with E-state index in [2.05, 4.69) is 11.9 Å². The van der Waals surface area contributed by atoms with Crippen molar-refractivity contribution in [3.05, 3.63) is 0 Å².